The maximum atomic E-state index is 12.9. The summed E-state index contributed by atoms with van der Waals surface area (Å²) < 4.78 is 23.9. The van der Waals surface area contributed by atoms with Gasteiger partial charge in [-0.05, 0) is 67.1 Å². The highest BCUT2D eigenvalue weighted by Gasteiger charge is 2.17. The summed E-state index contributed by atoms with van der Waals surface area (Å²) in [7, 11) is -0.731. The van der Waals surface area contributed by atoms with Gasteiger partial charge in [0, 0.05) is 64.4 Å². The van der Waals surface area contributed by atoms with Crippen LogP contribution in [0.15, 0.2) is 83.6 Å². The van der Waals surface area contributed by atoms with Crippen LogP contribution in [0.3, 0.4) is 0 Å². The molecule has 0 fully saturated rings. The fourth-order valence-electron chi connectivity index (χ4n) is 4.18. The highest BCUT2D eigenvalue weighted by atomic mass is 32.2. The number of carbonyl (C=O) groups is 1. The van der Waals surface area contributed by atoms with Crippen LogP contribution in [-0.4, -0.2) is 42.4 Å². The molecular weight excluding hydrogens is 498 g/mol. The second-order valence-corrected chi connectivity index (χ2v) is 11.9. The van der Waals surface area contributed by atoms with E-state index in [0.717, 1.165) is 38.9 Å². The molecule has 0 aliphatic heterocycles. The monoisotopic (exact) mass is 525 g/mol. The van der Waals surface area contributed by atoms with Gasteiger partial charge in [0.2, 0.25) is 0 Å². The average molecular weight is 526 g/mol. The molecule has 0 saturated carbocycles. The number of fused-ring (bicyclic) bond motifs is 1. The standard InChI is InChI=1S/C29H27N5O3S/c1-19-5-10-26-22(15-19)16-24(29(35)33-38(3,4)36)27(31-26)18-37-23-8-6-21(7-9-23)28-25(17-34(2)32-28)20-11-13-30-14-12-20/h5-17H,18H2,1-4H3. The Labute approximate surface area is 221 Å². The van der Waals surface area contributed by atoms with Crippen molar-refractivity contribution in [3.63, 3.8) is 0 Å². The third-order valence-corrected chi connectivity index (χ3v) is 6.51. The number of benzene rings is 2. The molecule has 8 nitrogen and oxygen atoms in total. The van der Waals surface area contributed by atoms with Crippen molar-refractivity contribution in [3.05, 3.63) is 96.1 Å². The lowest BCUT2D eigenvalue weighted by Gasteiger charge is -2.11. The molecule has 0 bridgehead atoms. The minimum absolute atomic E-state index is 0.0558. The van der Waals surface area contributed by atoms with E-state index in [9.17, 15) is 9.00 Å². The molecule has 2 aromatic carbocycles. The van der Waals surface area contributed by atoms with Gasteiger partial charge in [0.25, 0.3) is 5.91 Å². The van der Waals surface area contributed by atoms with Crippen molar-refractivity contribution in [1.29, 1.82) is 0 Å². The van der Waals surface area contributed by atoms with Crippen molar-refractivity contribution in [3.8, 4) is 28.1 Å². The van der Waals surface area contributed by atoms with Gasteiger partial charge in [0.05, 0.1) is 16.8 Å². The molecule has 9 heteroatoms. The summed E-state index contributed by atoms with van der Waals surface area (Å²) in [5.74, 6) is 0.0507. The van der Waals surface area contributed by atoms with Crippen molar-refractivity contribution in [2.75, 3.05) is 12.5 Å². The summed E-state index contributed by atoms with van der Waals surface area (Å²) in [5, 5.41) is 5.47. The molecular formula is C29H27N5O3S. The van der Waals surface area contributed by atoms with E-state index in [-0.39, 0.29) is 12.2 Å². The van der Waals surface area contributed by atoms with E-state index in [1.807, 2.05) is 74.8 Å². The minimum Gasteiger partial charge on any atom is -0.487 e. The summed E-state index contributed by atoms with van der Waals surface area (Å²) in [4.78, 5) is 21.7. The van der Waals surface area contributed by atoms with E-state index in [2.05, 4.69) is 19.4 Å². The minimum atomic E-state index is -2.62. The molecule has 192 valence electrons. The maximum absolute atomic E-state index is 12.9. The molecule has 38 heavy (non-hydrogen) atoms. The fraction of sp³-hybridized carbons (Fsp3) is 0.172. The van der Waals surface area contributed by atoms with Gasteiger partial charge in [-0.15, -0.1) is 0 Å². The van der Waals surface area contributed by atoms with Crippen molar-refractivity contribution in [1.82, 2.24) is 19.7 Å². The third-order valence-electron chi connectivity index (χ3n) is 5.91. The van der Waals surface area contributed by atoms with Gasteiger partial charge < -0.3 is 4.74 Å². The highest BCUT2D eigenvalue weighted by molar-refractivity contribution is 7.92. The molecule has 0 unspecified atom stereocenters. The summed E-state index contributed by atoms with van der Waals surface area (Å²) in [5.41, 5.74) is 6.36. The predicted molar refractivity (Wildman–Crippen MR) is 149 cm³/mol. The van der Waals surface area contributed by atoms with E-state index in [4.69, 9.17) is 4.74 Å². The van der Waals surface area contributed by atoms with Crippen LogP contribution >= 0.6 is 0 Å². The lowest BCUT2D eigenvalue weighted by atomic mass is 10.0. The lowest BCUT2D eigenvalue weighted by molar-refractivity contribution is 0.100. The number of ether oxygens (including phenoxy) is 1. The molecule has 3 aromatic heterocycles. The molecule has 5 aromatic rings. The third kappa shape index (κ3) is 5.63. The van der Waals surface area contributed by atoms with Crippen molar-refractivity contribution in [2.45, 2.75) is 13.5 Å². The topological polar surface area (TPSA) is 99.3 Å². The van der Waals surface area contributed by atoms with E-state index in [1.165, 1.54) is 12.5 Å². The van der Waals surface area contributed by atoms with E-state index in [0.29, 0.717) is 11.4 Å². The van der Waals surface area contributed by atoms with Gasteiger partial charge in [-0.1, -0.05) is 11.6 Å². The Bertz CT molecular complexity index is 1760. The van der Waals surface area contributed by atoms with Gasteiger partial charge in [-0.3, -0.25) is 14.5 Å². The summed E-state index contributed by atoms with van der Waals surface area (Å²) in [6.45, 7) is 2.03. The molecule has 3 heterocycles. The van der Waals surface area contributed by atoms with Crippen molar-refractivity contribution >= 4 is 26.5 Å². The Kier molecular flexibility index (Phi) is 6.77. The smallest absolute Gasteiger partial charge is 0.287 e. The molecule has 1 amide bonds. The number of amides is 1. The predicted octanol–water partition coefficient (Wildman–Crippen LogP) is 5.45. The fourth-order valence-corrected chi connectivity index (χ4v) is 4.68. The number of aryl methyl sites for hydroxylation is 2. The summed E-state index contributed by atoms with van der Waals surface area (Å²) in [6, 6.07) is 19.1. The van der Waals surface area contributed by atoms with Crippen LogP contribution in [0.4, 0.5) is 0 Å². The Morgan fingerprint density at radius 2 is 1.74 bits per heavy atom. The van der Waals surface area contributed by atoms with Crippen LogP contribution in [0.1, 0.15) is 21.6 Å². The molecule has 0 radical (unpaired) electrons. The van der Waals surface area contributed by atoms with Crippen LogP contribution in [0.5, 0.6) is 5.75 Å². The first kappa shape index (κ1) is 25.3. The first-order valence-corrected chi connectivity index (χ1v) is 14.3. The molecule has 0 aliphatic carbocycles. The highest BCUT2D eigenvalue weighted by Crippen LogP contribution is 2.31. The molecule has 0 atom stereocenters. The molecule has 0 N–H and O–H groups in total. The summed E-state index contributed by atoms with van der Waals surface area (Å²) in [6.07, 6.45) is 8.37. The van der Waals surface area contributed by atoms with E-state index >= 15 is 0 Å². The average Bonchev–Trinajstić information content (AvgIpc) is 3.28. The van der Waals surface area contributed by atoms with Crippen LogP contribution in [0, 0.1) is 6.92 Å². The molecule has 5 rings (SSSR count). The van der Waals surface area contributed by atoms with E-state index < -0.39 is 15.6 Å². The zero-order chi connectivity index (χ0) is 26.9. The van der Waals surface area contributed by atoms with Crippen LogP contribution in [-0.2, 0) is 23.4 Å². The number of hydrogen-bond donors (Lipinski definition) is 0. The van der Waals surface area contributed by atoms with E-state index in [1.54, 1.807) is 23.1 Å². The number of aromatic nitrogens is 4. The number of carbonyl (C=O) groups excluding carboxylic acids is 1. The number of nitrogens with zero attached hydrogens (tertiary/aromatic N) is 5. The number of pyridine rings is 2. The van der Waals surface area contributed by atoms with Crippen molar-refractivity contribution in [2.24, 2.45) is 11.4 Å². The number of hydrogen-bond acceptors (Lipinski definition) is 6. The van der Waals surface area contributed by atoms with Gasteiger partial charge >= 0.3 is 0 Å². The first-order valence-electron chi connectivity index (χ1n) is 12.0. The first-order chi connectivity index (χ1) is 18.2. The maximum Gasteiger partial charge on any atom is 0.287 e. The lowest BCUT2D eigenvalue weighted by Crippen LogP contribution is -2.09. The number of rotatable bonds is 6. The Morgan fingerprint density at radius 3 is 2.45 bits per heavy atom. The molecule has 0 saturated heterocycles. The second kappa shape index (κ2) is 10.2. The Hall–Kier alpha value is -4.37. The Balaban J connectivity index is 1.43. The summed E-state index contributed by atoms with van der Waals surface area (Å²) >= 11 is 0. The van der Waals surface area contributed by atoms with Gasteiger partial charge in [0.15, 0.2) is 0 Å². The second-order valence-electron chi connectivity index (χ2n) is 9.37. The normalized spacial score (nSPS) is 11.5. The van der Waals surface area contributed by atoms with Crippen LogP contribution < -0.4 is 4.74 Å². The van der Waals surface area contributed by atoms with Gasteiger partial charge in [-0.2, -0.15) is 9.46 Å². The van der Waals surface area contributed by atoms with Crippen LogP contribution in [0.2, 0.25) is 0 Å². The molecule has 0 aliphatic rings. The van der Waals surface area contributed by atoms with Crippen LogP contribution in [0.25, 0.3) is 33.3 Å². The SMILES string of the molecule is Cc1ccc2nc(COc3ccc(-c4nn(C)cc4-c4ccncc4)cc3)c(C(=O)N=S(C)(C)=O)cc2c1. The van der Waals surface area contributed by atoms with Gasteiger partial charge in [0.1, 0.15) is 18.1 Å². The quantitative estimate of drug-likeness (QED) is 0.292. The zero-order valence-corrected chi connectivity index (χ0v) is 22.4. The van der Waals surface area contributed by atoms with Gasteiger partial charge in [-0.25, -0.2) is 9.19 Å². The zero-order valence-electron chi connectivity index (χ0n) is 21.6. The molecule has 0 spiro atoms. The van der Waals surface area contributed by atoms with Crippen molar-refractivity contribution < 1.29 is 13.7 Å². The largest absolute Gasteiger partial charge is 0.487 e. The Morgan fingerprint density at radius 1 is 1.00 bits per heavy atom.